The zero-order valence-electron chi connectivity index (χ0n) is 28.0. The van der Waals surface area contributed by atoms with Gasteiger partial charge in [-0.15, -0.1) is 0 Å². The van der Waals surface area contributed by atoms with Gasteiger partial charge in [0.2, 0.25) is 0 Å². The van der Waals surface area contributed by atoms with Gasteiger partial charge in [-0.1, -0.05) is 88.3 Å². The minimum Gasteiger partial charge on any atom is -0.496 e. The number of aryl methyl sites for hydroxylation is 1. The van der Waals surface area contributed by atoms with E-state index in [1.54, 1.807) is 14.2 Å². The van der Waals surface area contributed by atoms with Crippen LogP contribution in [-0.2, 0) is 4.74 Å². The van der Waals surface area contributed by atoms with E-state index >= 15 is 0 Å². The molecule has 240 valence electrons. The highest BCUT2D eigenvalue weighted by atomic mass is 16.5. The lowest BCUT2D eigenvalue weighted by Gasteiger charge is -2.23. The quantitative estimate of drug-likeness (QED) is 0.127. The van der Waals surface area contributed by atoms with Crippen LogP contribution in [0.3, 0.4) is 0 Å². The first kappa shape index (κ1) is 34.0. The van der Waals surface area contributed by atoms with Crippen LogP contribution in [0.15, 0.2) is 82.4 Å². The van der Waals surface area contributed by atoms with Crippen molar-refractivity contribution < 1.29 is 14.2 Å². The first-order valence-corrected chi connectivity index (χ1v) is 16.7. The molecule has 4 rings (SSSR count). The Hall–Kier alpha value is -3.90. The molecule has 6 heteroatoms. The number of rotatable bonds is 19. The minimum absolute atomic E-state index is 0.694. The van der Waals surface area contributed by atoms with Gasteiger partial charge in [0, 0.05) is 43.1 Å². The van der Waals surface area contributed by atoms with Crippen molar-refractivity contribution in [2.45, 2.75) is 72.1 Å². The van der Waals surface area contributed by atoms with Crippen LogP contribution >= 0.6 is 0 Å². The van der Waals surface area contributed by atoms with Crippen LogP contribution in [0.2, 0.25) is 0 Å². The first-order valence-electron chi connectivity index (χ1n) is 16.7. The number of unbranched alkanes of at least 4 members (excludes halogenated alkanes) is 7. The Morgan fingerprint density at radius 2 is 1.53 bits per heavy atom. The van der Waals surface area contributed by atoms with Crippen LogP contribution in [0.4, 0.5) is 5.69 Å². The minimum atomic E-state index is 0.694. The molecule has 0 radical (unpaired) electrons. The van der Waals surface area contributed by atoms with E-state index in [2.05, 4.69) is 49.9 Å². The molecule has 45 heavy (non-hydrogen) atoms. The maximum absolute atomic E-state index is 6.13. The Bertz CT molecular complexity index is 1450. The molecule has 0 aromatic heterocycles. The van der Waals surface area contributed by atoms with Crippen LogP contribution in [-0.4, -0.2) is 52.1 Å². The zero-order valence-corrected chi connectivity index (χ0v) is 28.0. The van der Waals surface area contributed by atoms with Gasteiger partial charge in [-0.3, -0.25) is 0 Å². The molecule has 0 saturated heterocycles. The van der Waals surface area contributed by atoms with Gasteiger partial charge in [0.15, 0.2) is 5.84 Å². The summed E-state index contributed by atoms with van der Waals surface area (Å²) in [6.45, 7) is 9.75. The molecule has 3 aromatic carbocycles. The summed E-state index contributed by atoms with van der Waals surface area (Å²) in [7, 11) is 3.44. The third-order valence-electron chi connectivity index (χ3n) is 8.27. The Labute approximate surface area is 270 Å². The highest BCUT2D eigenvalue weighted by Gasteiger charge is 2.23. The maximum Gasteiger partial charge on any atom is 0.160 e. The Balaban J connectivity index is 1.54. The summed E-state index contributed by atoms with van der Waals surface area (Å²) >= 11 is 0. The molecule has 0 atom stereocenters. The van der Waals surface area contributed by atoms with Crippen molar-refractivity contribution in [2.75, 3.05) is 45.4 Å². The SMILES string of the molecule is CCCCCCCCCCOc1ccc(C2=NC(c3ccccc3)=N/C2=C\c2ccc(N(CC)CCOC)cc2C)c(OC)c1. The lowest BCUT2D eigenvalue weighted by atomic mass is 10.0. The second-order valence-electron chi connectivity index (χ2n) is 11.6. The van der Waals surface area contributed by atoms with Crippen LogP contribution < -0.4 is 14.4 Å². The molecule has 0 bridgehead atoms. The van der Waals surface area contributed by atoms with E-state index in [1.165, 1.54) is 56.2 Å². The summed E-state index contributed by atoms with van der Waals surface area (Å²) in [6.07, 6.45) is 12.4. The Kier molecular flexibility index (Phi) is 13.7. The molecule has 1 aliphatic rings. The van der Waals surface area contributed by atoms with Crippen LogP contribution in [0.25, 0.3) is 6.08 Å². The summed E-state index contributed by atoms with van der Waals surface area (Å²) in [4.78, 5) is 12.4. The fourth-order valence-electron chi connectivity index (χ4n) is 5.59. The fraction of sp³-hybridized carbons (Fsp3) is 0.436. The third-order valence-corrected chi connectivity index (χ3v) is 8.27. The first-order chi connectivity index (χ1) is 22.1. The number of anilines is 1. The molecule has 0 aliphatic carbocycles. The molecule has 0 spiro atoms. The number of hydrogen-bond donors (Lipinski definition) is 0. The molecule has 3 aromatic rings. The molecule has 0 N–H and O–H groups in total. The molecule has 0 amide bonds. The lowest BCUT2D eigenvalue weighted by molar-refractivity contribution is 0.205. The average Bonchev–Trinajstić information content (AvgIpc) is 3.49. The summed E-state index contributed by atoms with van der Waals surface area (Å²) < 4.78 is 17.3. The topological polar surface area (TPSA) is 55.7 Å². The van der Waals surface area contributed by atoms with Crippen molar-refractivity contribution in [3.63, 3.8) is 0 Å². The van der Waals surface area contributed by atoms with Crippen LogP contribution in [0, 0.1) is 6.92 Å². The van der Waals surface area contributed by atoms with E-state index in [9.17, 15) is 0 Å². The molecule has 0 unspecified atom stereocenters. The molecule has 6 nitrogen and oxygen atoms in total. The second kappa shape index (κ2) is 18.2. The number of allylic oxidation sites excluding steroid dienone is 1. The van der Waals surface area contributed by atoms with Gasteiger partial charge in [0.25, 0.3) is 0 Å². The van der Waals surface area contributed by atoms with E-state index in [0.29, 0.717) is 19.0 Å². The number of amidine groups is 1. The summed E-state index contributed by atoms with van der Waals surface area (Å²) in [5.41, 5.74) is 6.94. The van der Waals surface area contributed by atoms with E-state index in [4.69, 9.17) is 24.2 Å². The number of likely N-dealkylation sites (N-methyl/N-ethyl adjacent to an activating group) is 1. The Morgan fingerprint density at radius 1 is 0.778 bits per heavy atom. The second-order valence-corrected chi connectivity index (χ2v) is 11.6. The van der Waals surface area contributed by atoms with Crippen LogP contribution in [0.1, 0.15) is 87.5 Å². The largest absolute Gasteiger partial charge is 0.496 e. The fourth-order valence-corrected chi connectivity index (χ4v) is 5.59. The molecule has 0 saturated carbocycles. The lowest BCUT2D eigenvalue weighted by Crippen LogP contribution is -2.26. The van der Waals surface area contributed by atoms with Crippen molar-refractivity contribution in [2.24, 2.45) is 9.98 Å². The normalized spacial score (nSPS) is 13.6. The predicted octanol–water partition coefficient (Wildman–Crippen LogP) is 9.29. The monoisotopic (exact) mass is 609 g/mol. The van der Waals surface area contributed by atoms with Gasteiger partial charge in [-0.05, 0) is 61.7 Å². The molecule has 1 aliphatic heterocycles. The smallest absolute Gasteiger partial charge is 0.160 e. The van der Waals surface area contributed by atoms with Crippen LogP contribution in [0.5, 0.6) is 11.5 Å². The molecular weight excluding hydrogens is 558 g/mol. The standard InChI is InChI=1S/C39H51N3O3/c1-6-8-9-10-11-12-13-17-25-45-34-22-23-35(37(29-34)44-5)38-36(40-39(41-38)31-18-15-14-16-19-31)28-32-20-21-33(27-30(32)3)42(7-2)24-26-43-4/h14-16,18-23,27-29H,6-13,17,24-26H2,1-5H3/b36-28-. The van der Waals surface area contributed by atoms with Gasteiger partial charge in [0.05, 0.1) is 26.0 Å². The third kappa shape index (κ3) is 9.79. The number of hydrogen-bond acceptors (Lipinski definition) is 6. The summed E-state index contributed by atoms with van der Waals surface area (Å²) in [5, 5.41) is 0. The van der Waals surface area contributed by atoms with Gasteiger partial charge in [-0.2, -0.15) is 0 Å². The van der Waals surface area contributed by atoms with E-state index in [0.717, 1.165) is 59.1 Å². The van der Waals surface area contributed by atoms with Crippen molar-refractivity contribution in [1.82, 2.24) is 0 Å². The highest BCUT2D eigenvalue weighted by molar-refractivity contribution is 6.26. The van der Waals surface area contributed by atoms with Crippen molar-refractivity contribution >= 4 is 23.3 Å². The molecule has 1 heterocycles. The highest BCUT2D eigenvalue weighted by Crippen LogP contribution is 2.32. The van der Waals surface area contributed by atoms with Gasteiger partial charge < -0.3 is 19.1 Å². The number of nitrogens with zero attached hydrogens (tertiary/aromatic N) is 3. The van der Waals surface area contributed by atoms with Gasteiger partial charge in [0.1, 0.15) is 17.2 Å². The van der Waals surface area contributed by atoms with Crippen molar-refractivity contribution in [3.8, 4) is 11.5 Å². The predicted molar refractivity (Wildman–Crippen MR) is 190 cm³/mol. The van der Waals surface area contributed by atoms with Gasteiger partial charge >= 0.3 is 0 Å². The van der Waals surface area contributed by atoms with Crippen molar-refractivity contribution in [3.05, 3.63) is 94.7 Å². The zero-order chi connectivity index (χ0) is 31.9. The number of aliphatic imine (C=N–C) groups is 2. The van der Waals surface area contributed by atoms with Gasteiger partial charge in [-0.25, -0.2) is 9.98 Å². The summed E-state index contributed by atoms with van der Waals surface area (Å²) in [5.74, 6) is 2.23. The number of benzene rings is 3. The van der Waals surface area contributed by atoms with Crippen molar-refractivity contribution in [1.29, 1.82) is 0 Å². The molecule has 0 fully saturated rings. The average molecular weight is 610 g/mol. The number of ether oxygens (including phenoxy) is 3. The van der Waals surface area contributed by atoms with E-state index in [1.807, 2.05) is 48.5 Å². The van der Waals surface area contributed by atoms with E-state index < -0.39 is 0 Å². The maximum atomic E-state index is 6.13. The van der Waals surface area contributed by atoms with E-state index in [-0.39, 0.29) is 0 Å². The Morgan fingerprint density at radius 3 is 2.22 bits per heavy atom. The summed E-state index contributed by atoms with van der Waals surface area (Å²) in [6, 6.07) is 22.7. The number of methoxy groups -OCH3 is 2. The molecular formula is C39H51N3O3.